The summed E-state index contributed by atoms with van der Waals surface area (Å²) in [6.07, 6.45) is 4.53. The number of carboxylic acid groups (broad SMARTS) is 1. The molecule has 0 aliphatic heterocycles. The lowest BCUT2D eigenvalue weighted by Crippen LogP contribution is -2.09. The Morgan fingerprint density at radius 2 is 1.92 bits per heavy atom. The molecule has 3 aromatic rings. The molecular weight excluding hydrogens is 298 g/mol. The Kier molecular flexibility index (Phi) is 3.64. The molecule has 1 N–H and O–H groups in total. The van der Waals surface area contributed by atoms with E-state index in [0.29, 0.717) is 5.56 Å². The minimum absolute atomic E-state index is 0.379. The molecule has 3 nitrogen and oxygen atoms in total. The van der Waals surface area contributed by atoms with Gasteiger partial charge in [-0.2, -0.15) is 0 Å². The second-order valence-electron chi connectivity index (χ2n) is 6.68. The fraction of sp³-hybridized carbons (Fsp3) is 0.286. The molecule has 0 spiro atoms. The number of aryl methyl sites for hydroxylation is 2. The average molecular weight is 319 g/mol. The van der Waals surface area contributed by atoms with Crippen LogP contribution in [0.1, 0.15) is 45.6 Å². The van der Waals surface area contributed by atoms with Gasteiger partial charge >= 0.3 is 5.97 Å². The van der Waals surface area contributed by atoms with Crippen molar-refractivity contribution >= 4 is 16.9 Å². The largest absolute Gasteiger partial charge is 0.478 e. The highest BCUT2D eigenvalue weighted by Gasteiger charge is 2.21. The van der Waals surface area contributed by atoms with Gasteiger partial charge in [0.2, 0.25) is 0 Å². The van der Waals surface area contributed by atoms with Crippen molar-refractivity contribution in [1.29, 1.82) is 0 Å². The third-order valence-corrected chi connectivity index (χ3v) is 5.21. The quantitative estimate of drug-likeness (QED) is 0.768. The summed E-state index contributed by atoms with van der Waals surface area (Å²) in [5.41, 5.74) is 6.91. The van der Waals surface area contributed by atoms with Crippen molar-refractivity contribution in [3.05, 3.63) is 70.4 Å². The van der Waals surface area contributed by atoms with E-state index in [1.807, 2.05) is 12.1 Å². The van der Waals surface area contributed by atoms with Gasteiger partial charge < -0.3 is 9.67 Å². The number of aromatic nitrogens is 1. The lowest BCUT2D eigenvalue weighted by molar-refractivity contribution is 0.0697. The molecule has 4 rings (SSSR count). The van der Waals surface area contributed by atoms with Gasteiger partial charge in [0.15, 0.2) is 0 Å². The van der Waals surface area contributed by atoms with Gasteiger partial charge in [-0.1, -0.05) is 24.3 Å². The molecule has 0 fully saturated rings. The Hall–Kier alpha value is -2.55. The molecule has 0 saturated carbocycles. The summed E-state index contributed by atoms with van der Waals surface area (Å²) >= 11 is 0. The highest BCUT2D eigenvalue weighted by atomic mass is 16.4. The molecule has 1 heterocycles. The Morgan fingerprint density at radius 3 is 2.71 bits per heavy atom. The van der Waals surface area contributed by atoms with Gasteiger partial charge in [0.1, 0.15) is 0 Å². The van der Waals surface area contributed by atoms with Crippen LogP contribution in [0.15, 0.2) is 42.5 Å². The van der Waals surface area contributed by atoms with Crippen molar-refractivity contribution < 1.29 is 9.90 Å². The van der Waals surface area contributed by atoms with E-state index in [4.69, 9.17) is 0 Å². The first-order valence-electron chi connectivity index (χ1n) is 8.57. The summed E-state index contributed by atoms with van der Waals surface area (Å²) in [6, 6.07) is 14.1. The van der Waals surface area contributed by atoms with Crippen LogP contribution < -0.4 is 0 Å². The second-order valence-corrected chi connectivity index (χ2v) is 6.68. The SMILES string of the molecule is Cc1ccccc1Cn1c2c(c3cc(C(=O)O)ccc31)CCCC2. The summed E-state index contributed by atoms with van der Waals surface area (Å²) in [5, 5.41) is 10.4. The maximum Gasteiger partial charge on any atom is 0.335 e. The molecule has 24 heavy (non-hydrogen) atoms. The number of rotatable bonds is 3. The van der Waals surface area contributed by atoms with E-state index in [-0.39, 0.29) is 0 Å². The number of benzene rings is 2. The van der Waals surface area contributed by atoms with Gasteiger partial charge in [-0.15, -0.1) is 0 Å². The van der Waals surface area contributed by atoms with E-state index < -0.39 is 5.97 Å². The number of hydrogen-bond acceptors (Lipinski definition) is 1. The number of aromatic carboxylic acids is 1. The number of carboxylic acids is 1. The summed E-state index contributed by atoms with van der Waals surface area (Å²) in [6.45, 7) is 3.00. The van der Waals surface area contributed by atoms with Crippen LogP contribution in [0.4, 0.5) is 0 Å². The predicted octanol–water partition coefficient (Wildman–Crippen LogP) is 4.58. The molecular formula is C21H21NO2. The van der Waals surface area contributed by atoms with Crippen LogP contribution in [-0.2, 0) is 19.4 Å². The zero-order valence-electron chi connectivity index (χ0n) is 13.9. The molecule has 0 unspecified atom stereocenters. The van der Waals surface area contributed by atoms with E-state index >= 15 is 0 Å². The van der Waals surface area contributed by atoms with E-state index in [9.17, 15) is 9.90 Å². The van der Waals surface area contributed by atoms with Crippen molar-refractivity contribution in [3.63, 3.8) is 0 Å². The third kappa shape index (κ3) is 2.41. The molecule has 122 valence electrons. The highest BCUT2D eigenvalue weighted by Crippen LogP contribution is 2.33. The Labute approximate surface area is 141 Å². The van der Waals surface area contributed by atoms with E-state index in [1.54, 1.807) is 6.07 Å². The Morgan fingerprint density at radius 1 is 1.12 bits per heavy atom. The minimum Gasteiger partial charge on any atom is -0.478 e. The lowest BCUT2D eigenvalue weighted by Gasteiger charge is -2.17. The molecule has 1 aromatic heterocycles. The monoisotopic (exact) mass is 319 g/mol. The maximum absolute atomic E-state index is 11.3. The molecule has 3 heteroatoms. The van der Waals surface area contributed by atoms with E-state index in [1.165, 1.54) is 35.2 Å². The van der Waals surface area contributed by atoms with Crippen LogP contribution >= 0.6 is 0 Å². The zero-order valence-corrected chi connectivity index (χ0v) is 13.9. The molecule has 1 aliphatic carbocycles. The Balaban J connectivity index is 1.91. The standard InChI is InChI=1S/C21H21NO2/c1-14-6-2-3-7-16(14)13-22-19-9-5-4-8-17(19)18-12-15(21(23)24)10-11-20(18)22/h2-3,6-7,10-12H,4-5,8-9,13H2,1H3,(H,23,24). The van der Waals surface area contributed by atoms with Crippen LogP contribution in [-0.4, -0.2) is 15.6 Å². The first-order chi connectivity index (χ1) is 11.6. The normalized spacial score (nSPS) is 13.9. The topological polar surface area (TPSA) is 42.2 Å². The fourth-order valence-electron chi connectivity index (χ4n) is 3.91. The summed E-state index contributed by atoms with van der Waals surface area (Å²) < 4.78 is 2.40. The molecule has 2 aromatic carbocycles. The van der Waals surface area contributed by atoms with Crippen molar-refractivity contribution in [2.24, 2.45) is 0 Å². The lowest BCUT2D eigenvalue weighted by atomic mass is 9.95. The molecule has 0 saturated heterocycles. The highest BCUT2D eigenvalue weighted by molar-refractivity contribution is 5.95. The smallest absolute Gasteiger partial charge is 0.335 e. The predicted molar refractivity (Wildman–Crippen MR) is 95.8 cm³/mol. The fourth-order valence-corrected chi connectivity index (χ4v) is 3.91. The van der Waals surface area contributed by atoms with Crippen LogP contribution in [0.3, 0.4) is 0 Å². The molecule has 1 aliphatic rings. The number of nitrogens with zero attached hydrogens (tertiary/aromatic N) is 1. The van der Waals surface area contributed by atoms with Crippen molar-refractivity contribution in [2.45, 2.75) is 39.2 Å². The summed E-state index contributed by atoms with van der Waals surface area (Å²) in [5.74, 6) is -0.854. The minimum atomic E-state index is -0.854. The van der Waals surface area contributed by atoms with Crippen molar-refractivity contribution in [2.75, 3.05) is 0 Å². The number of carbonyl (C=O) groups is 1. The first kappa shape index (κ1) is 15.0. The Bertz CT molecular complexity index is 936. The van der Waals surface area contributed by atoms with Crippen LogP contribution in [0.5, 0.6) is 0 Å². The van der Waals surface area contributed by atoms with Gasteiger partial charge in [-0.05, 0) is 67.5 Å². The van der Waals surface area contributed by atoms with Crippen molar-refractivity contribution in [1.82, 2.24) is 4.57 Å². The van der Waals surface area contributed by atoms with Gasteiger partial charge in [-0.3, -0.25) is 0 Å². The molecule has 0 atom stereocenters. The average Bonchev–Trinajstić information content (AvgIpc) is 2.90. The zero-order chi connectivity index (χ0) is 16.7. The molecule has 0 radical (unpaired) electrons. The van der Waals surface area contributed by atoms with Gasteiger partial charge in [0.05, 0.1) is 5.56 Å². The van der Waals surface area contributed by atoms with Crippen LogP contribution in [0.25, 0.3) is 10.9 Å². The summed E-state index contributed by atoms with van der Waals surface area (Å²) in [4.78, 5) is 11.3. The third-order valence-electron chi connectivity index (χ3n) is 5.21. The first-order valence-corrected chi connectivity index (χ1v) is 8.57. The van der Waals surface area contributed by atoms with Gasteiger partial charge in [0.25, 0.3) is 0 Å². The van der Waals surface area contributed by atoms with Crippen LogP contribution in [0, 0.1) is 6.92 Å². The van der Waals surface area contributed by atoms with Crippen LogP contribution in [0.2, 0.25) is 0 Å². The summed E-state index contributed by atoms with van der Waals surface area (Å²) in [7, 11) is 0. The maximum atomic E-state index is 11.3. The van der Waals surface area contributed by atoms with Gasteiger partial charge in [-0.25, -0.2) is 4.79 Å². The van der Waals surface area contributed by atoms with E-state index in [2.05, 4.69) is 35.8 Å². The van der Waals surface area contributed by atoms with E-state index in [0.717, 1.165) is 30.3 Å². The number of fused-ring (bicyclic) bond motifs is 3. The number of hydrogen-bond donors (Lipinski definition) is 1. The second kappa shape index (κ2) is 5.82. The molecule has 0 bridgehead atoms. The van der Waals surface area contributed by atoms with Gasteiger partial charge in [0, 0.05) is 23.1 Å². The molecule has 0 amide bonds. The van der Waals surface area contributed by atoms with Crippen molar-refractivity contribution in [3.8, 4) is 0 Å².